The third-order valence-corrected chi connectivity index (χ3v) is 3.39. The molecule has 2 aromatic carbocycles. The van der Waals surface area contributed by atoms with Gasteiger partial charge in [0.25, 0.3) is 0 Å². The van der Waals surface area contributed by atoms with Crippen LogP contribution in [-0.4, -0.2) is 15.6 Å². The van der Waals surface area contributed by atoms with Gasteiger partial charge in [-0.05, 0) is 43.3 Å². The van der Waals surface area contributed by atoms with Crippen molar-refractivity contribution in [1.82, 2.24) is 4.57 Å². The molecular formula is C15H12FNO2. The zero-order valence-electron chi connectivity index (χ0n) is 10.4. The van der Waals surface area contributed by atoms with Crippen molar-refractivity contribution in [1.29, 1.82) is 0 Å². The maximum absolute atomic E-state index is 13.4. The second kappa shape index (κ2) is 4.09. The van der Waals surface area contributed by atoms with Gasteiger partial charge in [0.1, 0.15) is 5.82 Å². The molecule has 0 fully saturated rings. The summed E-state index contributed by atoms with van der Waals surface area (Å²) in [5.74, 6) is -1.29. The summed E-state index contributed by atoms with van der Waals surface area (Å²) >= 11 is 0. The van der Waals surface area contributed by atoms with Gasteiger partial charge in [-0.25, -0.2) is 9.18 Å². The molecule has 3 nitrogen and oxygen atoms in total. The molecule has 0 atom stereocenters. The molecule has 0 spiro atoms. The third kappa shape index (κ3) is 1.68. The Kier molecular flexibility index (Phi) is 2.52. The predicted molar refractivity (Wildman–Crippen MR) is 72.0 cm³/mol. The van der Waals surface area contributed by atoms with Crippen molar-refractivity contribution in [3.05, 3.63) is 47.8 Å². The maximum Gasteiger partial charge on any atom is 0.335 e. The lowest BCUT2D eigenvalue weighted by atomic mass is 10.1. The fourth-order valence-electron chi connectivity index (χ4n) is 2.55. The van der Waals surface area contributed by atoms with Crippen LogP contribution in [0.5, 0.6) is 0 Å². The standard InChI is InChI=1S/C15H12FNO2/c1-2-17-13-5-3-9(15(18)19)7-11(13)12-8-10(16)4-6-14(12)17/h3-8H,2H2,1H3,(H,18,19). The molecule has 3 rings (SSSR count). The zero-order valence-corrected chi connectivity index (χ0v) is 10.4. The molecule has 0 radical (unpaired) electrons. The normalized spacial score (nSPS) is 11.3. The van der Waals surface area contributed by atoms with E-state index in [2.05, 4.69) is 4.57 Å². The molecule has 96 valence electrons. The number of carboxylic acid groups (broad SMARTS) is 1. The highest BCUT2D eigenvalue weighted by atomic mass is 19.1. The summed E-state index contributed by atoms with van der Waals surface area (Å²) < 4.78 is 15.5. The highest BCUT2D eigenvalue weighted by Crippen LogP contribution is 2.30. The number of rotatable bonds is 2. The molecule has 0 aliphatic rings. The topological polar surface area (TPSA) is 42.2 Å². The van der Waals surface area contributed by atoms with E-state index >= 15 is 0 Å². The minimum Gasteiger partial charge on any atom is -0.478 e. The SMILES string of the molecule is CCn1c2ccc(F)cc2c2cc(C(=O)O)ccc21. The van der Waals surface area contributed by atoms with Crippen LogP contribution in [-0.2, 0) is 6.54 Å². The first-order chi connectivity index (χ1) is 9.11. The van der Waals surface area contributed by atoms with Gasteiger partial charge in [-0.2, -0.15) is 0 Å². The van der Waals surface area contributed by atoms with Crippen LogP contribution in [0.2, 0.25) is 0 Å². The molecular weight excluding hydrogens is 245 g/mol. The average molecular weight is 257 g/mol. The molecule has 1 N–H and O–H groups in total. The van der Waals surface area contributed by atoms with Crippen LogP contribution < -0.4 is 0 Å². The van der Waals surface area contributed by atoms with Crippen molar-refractivity contribution in [2.75, 3.05) is 0 Å². The van der Waals surface area contributed by atoms with Gasteiger partial charge in [0, 0.05) is 28.4 Å². The molecule has 1 heterocycles. The van der Waals surface area contributed by atoms with Crippen molar-refractivity contribution in [3.8, 4) is 0 Å². The second-order valence-corrected chi connectivity index (χ2v) is 4.44. The van der Waals surface area contributed by atoms with Gasteiger partial charge in [-0.1, -0.05) is 0 Å². The Morgan fingerprint density at radius 1 is 1.16 bits per heavy atom. The van der Waals surface area contributed by atoms with E-state index in [-0.39, 0.29) is 11.4 Å². The van der Waals surface area contributed by atoms with Crippen LogP contribution >= 0.6 is 0 Å². The first-order valence-corrected chi connectivity index (χ1v) is 6.06. The van der Waals surface area contributed by atoms with Gasteiger partial charge in [0.2, 0.25) is 0 Å². The molecule has 0 unspecified atom stereocenters. The van der Waals surface area contributed by atoms with Gasteiger partial charge in [0.05, 0.1) is 5.56 Å². The molecule has 3 aromatic rings. The molecule has 0 amide bonds. The Morgan fingerprint density at radius 3 is 2.42 bits per heavy atom. The molecule has 1 aromatic heterocycles. The number of hydrogen-bond donors (Lipinski definition) is 1. The predicted octanol–water partition coefficient (Wildman–Crippen LogP) is 3.65. The Balaban J connectivity index is 2.49. The number of benzene rings is 2. The van der Waals surface area contributed by atoms with Crippen LogP contribution in [0.4, 0.5) is 4.39 Å². The molecule has 19 heavy (non-hydrogen) atoms. The van der Waals surface area contributed by atoms with E-state index in [1.54, 1.807) is 24.3 Å². The molecule has 0 saturated carbocycles. The van der Waals surface area contributed by atoms with Crippen molar-refractivity contribution >= 4 is 27.8 Å². The fourth-order valence-corrected chi connectivity index (χ4v) is 2.55. The van der Waals surface area contributed by atoms with E-state index in [4.69, 9.17) is 5.11 Å². The number of halogens is 1. The summed E-state index contributed by atoms with van der Waals surface area (Å²) in [7, 11) is 0. The monoisotopic (exact) mass is 257 g/mol. The highest BCUT2D eigenvalue weighted by molar-refractivity contribution is 6.10. The quantitative estimate of drug-likeness (QED) is 0.761. The molecule has 4 heteroatoms. The van der Waals surface area contributed by atoms with Crippen LogP contribution in [0.1, 0.15) is 17.3 Å². The lowest BCUT2D eigenvalue weighted by molar-refractivity contribution is 0.0697. The van der Waals surface area contributed by atoms with E-state index < -0.39 is 5.97 Å². The maximum atomic E-state index is 13.4. The highest BCUT2D eigenvalue weighted by Gasteiger charge is 2.12. The average Bonchev–Trinajstić information content (AvgIpc) is 2.71. The number of aromatic carboxylic acids is 1. The van der Waals surface area contributed by atoms with Crippen molar-refractivity contribution < 1.29 is 14.3 Å². The number of nitrogens with zero attached hydrogens (tertiary/aromatic N) is 1. The summed E-state index contributed by atoms with van der Waals surface area (Å²) in [6.45, 7) is 2.76. The van der Waals surface area contributed by atoms with E-state index in [1.807, 2.05) is 6.92 Å². The molecule has 0 saturated heterocycles. The van der Waals surface area contributed by atoms with Crippen molar-refractivity contribution in [2.45, 2.75) is 13.5 Å². The van der Waals surface area contributed by atoms with Crippen LogP contribution in [0.25, 0.3) is 21.8 Å². The molecule has 0 aliphatic heterocycles. The van der Waals surface area contributed by atoms with Crippen LogP contribution in [0, 0.1) is 5.82 Å². The lowest BCUT2D eigenvalue weighted by Crippen LogP contribution is -1.96. The molecule has 0 bridgehead atoms. The number of hydrogen-bond acceptors (Lipinski definition) is 1. The first-order valence-electron chi connectivity index (χ1n) is 6.06. The Labute approximate surface area is 108 Å². The van der Waals surface area contributed by atoms with Crippen molar-refractivity contribution in [3.63, 3.8) is 0 Å². The minimum atomic E-state index is -0.976. The van der Waals surface area contributed by atoms with Crippen molar-refractivity contribution in [2.24, 2.45) is 0 Å². The largest absolute Gasteiger partial charge is 0.478 e. The summed E-state index contributed by atoms with van der Waals surface area (Å²) in [6.07, 6.45) is 0. The van der Waals surface area contributed by atoms with E-state index in [9.17, 15) is 9.18 Å². The summed E-state index contributed by atoms with van der Waals surface area (Å²) in [5.41, 5.74) is 2.06. The van der Waals surface area contributed by atoms with E-state index in [0.29, 0.717) is 0 Å². The second-order valence-electron chi connectivity index (χ2n) is 4.44. The number of aromatic nitrogens is 1. The summed E-state index contributed by atoms with van der Waals surface area (Å²) in [5, 5.41) is 10.6. The number of carboxylic acids is 1. The number of fused-ring (bicyclic) bond motifs is 3. The smallest absolute Gasteiger partial charge is 0.335 e. The molecule has 0 aliphatic carbocycles. The lowest BCUT2D eigenvalue weighted by Gasteiger charge is -2.02. The summed E-state index contributed by atoms with van der Waals surface area (Å²) in [6, 6.07) is 9.56. The van der Waals surface area contributed by atoms with E-state index in [0.717, 1.165) is 28.4 Å². The first kappa shape index (κ1) is 11.7. The summed E-state index contributed by atoms with van der Waals surface area (Å²) in [4.78, 5) is 11.0. The van der Waals surface area contributed by atoms with Gasteiger partial charge in [-0.15, -0.1) is 0 Å². The van der Waals surface area contributed by atoms with E-state index in [1.165, 1.54) is 12.1 Å². The van der Waals surface area contributed by atoms with Gasteiger partial charge in [-0.3, -0.25) is 0 Å². The van der Waals surface area contributed by atoms with Gasteiger partial charge >= 0.3 is 5.97 Å². The number of aryl methyl sites for hydroxylation is 1. The Hall–Kier alpha value is -2.36. The van der Waals surface area contributed by atoms with Gasteiger partial charge < -0.3 is 9.67 Å². The van der Waals surface area contributed by atoms with Gasteiger partial charge in [0.15, 0.2) is 0 Å². The number of carbonyl (C=O) groups is 1. The third-order valence-electron chi connectivity index (χ3n) is 3.39. The Morgan fingerprint density at radius 2 is 1.79 bits per heavy atom. The Bertz CT molecular complexity index is 805. The fraction of sp³-hybridized carbons (Fsp3) is 0.133. The van der Waals surface area contributed by atoms with Crippen LogP contribution in [0.15, 0.2) is 36.4 Å². The minimum absolute atomic E-state index is 0.215. The zero-order chi connectivity index (χ0) is 13.6. The van der Waals surface area contributed by atoms with Crippen LogP contribution in [0.3, 0.4) is 0 Å².